The number of amides is 3. The molecule has 0 radical (unpaired) electrons. The summed E-state index contributed by atoms with van der Waals surface area (Å²) in [5.41, 5.74) is -1.63. The lowest BCUT2D eigenvalue weighted by molar-refractivity contribution is -0.121. The molecule has 2 aliphatic rings. The van der Waals surface area contributed by atoms with E-state index in [0.717, 1.165) is 5.82 Å². The van der Waals surface area contributed by atoms with Gasteiger partial charge < -0.3 is 29.3 Å². The molecule has 1 saturated heterocycles. The van der Waals surface area contributed by atoms with Gasteiger partial charge in [-0.1, -0.05) is 35.9 Å². The number of para-hydroxylation sites is 1. The van der Waals surface area contributed by atoms with E-state index in [4.69, 9.17) is 25.8 Å². The van der Waals surface area contributed by atoms with Crippen molar-refractivity contribution in [3.05, 3.63) is 101 Å². The lowest BCUT2D eigenvalue weighted by Crippen LogP contribution is -2.58. The van der Waals surface area contributed by atoms with Gasteiger partial charge in [0.05, 0.1) is 27.0 Å². The molecule has 3 heterocycles. The van der Waals surface area contributed by atoms with Crippen LogP contribution in [0.15, 0.2) is 90.0 Å². The molecular weight excluding hydrogens is 658 g/mol. The van der Waals surface area contributed by atoms with Crippen LogP contribution >= 0.6 is 11.6 Å². The first-order chi connectivity index (χ1) is 23.1. The third-order valence-corrected chi connectivity index (χ3v) is 10.5. The molecule has 2 aliphatic heterocycles. The highest BCUT2D eigenvalue weighted by molar-refractivity contribution is 7.93. The number of aromatic nitrogens is 1. The van der Waals surface area contributed by atoms with Crippen LogP contribution in [0.5, 0.6) is 17.2 Å². The molecule has 1 atom stereocenters. The van der Waals surface area contributed by atoms with Gasteiger partial charge in [0, 0.05) is 54.6 Å². The highest BCUT2D eigenvalue weighted by atomic mass is 35.5. The zero-order chi connectivity index (χ0) is 34.1. The van der Waals surface area contributed by atoms with Gasteiger partial charge in [-0.2, -0.15) is 4.31 Å². The van der Waals surface area contributed by atoms with Crippen LogP contribution in [0.25, 0.3) is 0 Å². The number of carbonyl (C=O) groups excluding carboxylic acids is 2. The summed E-state index contributed by atoms with van der Waals surface area (Å²) in [5.74, 6) is 0.449. The van der Waals surface area contributed by atoms with E-state index in [1.807, 2.05) is 18.2 Å². The number of methoxy groups -OCH3 is 3. The van der Waals surface area contributed by atoms with E-state index in [1.54, 1.807) is 35.4 Å². The zero-order valence-corrected chi connectivity index (χ0v) is 28.1. The van der Waals surface area contributed by atoms with Gasteiger partial charge in [-0.05, 0) is 55.0 Å². The van der Waals surface area contributed by atoms with Crippen LogP contribution in [-0.4, -0.2) is 77.7 Å². The smallest absolute Gasteiger partial charge is 0.318 e. The topological polar surface area (TPSA) is 131 Å². The Morgan fingerprint density at radius 3 is 2.35 bits per heavy atom. The van der Waals surface area contributed by atoms with Crippen LogP contribution in [0.4, 0.5) is 16.3 Å². The number of hydrogen-bond donors (Lipinski definition) is 1. The van der Waals surface area contributed by atoms with Crippen molar-refractivity contribution in [1.29, 1.82) is 0 Å². The zero-order valence-electron chi connectivity index (χ0n) is 26.6. The maximum Gasteiger partial charge on any atom is 0.318 e. The van der Waals surface area contributed by atoms with E-state index >= 15 is 4.79 Å². The molecule has 0 saturated carbocycles. The van der Waals surface area contributed by atoms with Gasteiger partial charge in [-0.25, -0.2) is 18.2 Å². The first-order valence-electron chi connectivity index (χ1n) is 15.1. The fraction of sp³-hybridized carbons (Fsp3) is 0.265. The fourth-order valence-corrected chi connectivity index (χ4v) is 8.00. The average Bonchev–Trinajstić information content (AvgIpc) is 3.23. The molecule has 0 bridgehead atoms. The minimum Gasteiger partial charge on any atom is -0.497 e. The van der Waals surface area contributed by atoms with Crippen molar-refractivity contribution in [3.8, 4) is 17.2 Å². The van der Waals surface area contributed by atoms with E-state index in [9.17, 15) is 13.2 Å². The number of rotatable bonds is 8. The van der Waals surface area contributed by atoms with Gasteiger partial charge in [0.1, 0.15) is 28.0 Å². The van der Waals surface area contributed by atoms with E-state index < -0.39 is 27.5 Å². The standard InChI is InChI=1S/C34H34ClN5O7S/c1-45-24-13-15-30(29(22-24)47-3)48(43,44)40-27-14-12-23(35)21-26(27)34(32(40)41,25-9-4-5-10-28(25)46-2)37-33(42)39-18-8-17-38(19-20-39)31-11-6-7-16-36-31/h4-7,9-16,21-22H,8,17-20H2,1-3H3,(H,37,42). The minimum atomic E-state index is -4.64. The summed E-state index contributed by atoms with van der Waals surface area (Å²) in [4.78, 5) is 37.3. The molecule has 3 aromatic carbocycles. The normalized spacial score (nSPS) is 17.8. The Kier molecular flexibility index (Phi) is 9.08. The molecular formula is C34H34ClN5O7S. The van der Waals surface area contributed by atoms with E-state index in [2.05, 4.69) is 15.2 Å². The molecule has 1 unspecified atom stereocenters. The summed E-state index contributed by atoms with van der Waals surface area (Å²) in [6.45, 7) is 1.89. The van der Waals surface area contributed by atoms with Crippen LogP contribution in [-0.2, 0) is 20.4 Å². The number of anilines is 2. The van der Waals surface area contributed by atoms with E-state index in [-0.39, 0.29) is 38.2 Å². The monoisotopic (exact) mass is 691 g/mol. The average molecular weight is 692 g/mol. The van der Waals surface area contributed by atoms with E-state index in [1.165, 1.54) is 57.7 Å². The summed E-state index contributed by atoms with van der Waals surface area (Å²) in [6.07, 6.45) is 2.36. The van der Waals surface area contributed by atoms with Crippen LogP contribution < -0.4 is 28.7 Å². The third-order valence-electron chi connectivity index (χ3n) is 8.54. The maximum atomic E-state index is 15.1. The van der Waals surface area contributed by atoms with Gasteiger partial charge in [0.15, 0.2) is 5.54 Å². The predicted octanol–water partition coefficient (Wildman–Crippen LogP) is 4.66. The summed E-state index contributed by atoms with van der Waals surface area (Å²) in [6, 6.07) is 20.4. The second-order valence-corrected chi connectivity index (χ2v) is 13.3. The number of pyridine rings is 1. The lowest BCUT2D eigenvalue weighted by Gasteiger charge is -2.34. The summed E-state index contributed by atoms with van der Waals surface area (Å²) < 4.78 is 46.1. The number of ether oxygens (including phenoxy) is 3. The van der Waals surface area contributed by atoms with Crippen molar-refractivity contribution in [2.24, 2.45) is 0 Å². The molecule has 6 rings (SSSR count). The van der Waals surface area contributed by atoms with Crippen LogP contribution in [0, 0.1) is 0 Å². The summed E-state index contributed by atoms with van der Waals surface area (Å²) in [7, 11) is -0.445. The number of fused-ring (bicyclic) bond motifs is 1. The number of sulfonamides is 1. The summed E-state index contributed by atoms with van der Waals surface area (Å²) >= 11 is 6.52. The van der Waals surface area contributed by atoms with Gasteiger partial charge in [-0.3, -0.25) is 4.79 Å². The molecule has 0 aliphatic carbocycles. The largest absolute Gasteiger partial charge is 0.497 e. The van der Waals surface area contributed by atoms with Crippen molar-refractivity contribution in [2.75, 3.05) is 56.7 Å². The van der Waals surface area contributed by atoms with Gasteiger partial charge in [0.25, 0.3) is 15.9 Å². The quantitative estimate of drug-likeness (QED) is 0.280. The van der Waals surface area contributed by atoms with Crippen molar-refractivity contribution < 1.29 is 32.2 Å². The number of urea groups is 1. The minimum absolute atomic E-state index is 0.0191. The number of nitrogens with one attached hydrogen (secondary N) is 1. The Morgan fingerprint density at radius 1 is 0.854 bits per heavy atom. The van der Waals surface area contributed by atoms with Crippen molar-refractivity contribution in [2.45, 2.75) is 16.9 Å². The van der Waals surface area contributed by atoms with Crippen LogP contribution in [0.3, 0.4) is 0 Å². The highest BCUT2D eigenvalue weighted by Gasteiger charge is 2.59. The molecule has 4 aromatic rings. The Hall–Kier alpha value is -5.01. The summed E-state index contributed by atoms with van der Waals surface area (Å²) in [5, 5.41) is 3.21. The first kappa shape index (κ1) is 32.9. The van der Waals surface area contributed by atoms with Crippen LogP contribution in [0.1, 0.15) is 17.5 Å². The fourth-order valence-electron chi connectivity index (χ4n) is 6.22. The Morgan fingerprint density at radius 2 is 1.62 bits per heavy atom. The molecule has 3 amide bonds. The van der Waals surface area contributed by atoms with Gasteiger partial charge >= 0.3 is 6.03 Å². The van der Waals surface area contributed by atoms with Crippen molar-refractivity contribution in [3.63, 3.8) is 0 Å². The predicted molar refractivity (Wildman–Crippen MR) is 181 cm³/mol. The Labute approximate surface area is 283 Å². The molecule has 12 nitrogen and oxygen atoms in total. The lowest BCUT2D eigenvalue weighted by atomic mass is 9.83. The number of hydrogen-bond acceptors (Lipinski definition) is 9. The SMILES string of the molecule is COc1ccc(S(=O)(=O)N2C(=O)C(NC(=O)N3CCCN(c4ccccn4)CC3)(c3ccccc3OC)c3cc(Cl)ccc32)c(OC)c1. The van der Waals surface area contributed by atoms with E-state index in [0.29, 0.717) is 42.7 Å². The molecule has 1 fully saturated rings. The molecule has 0 spiro atoms. The molecule has 1 N–H and O–H groups in total. The van der Waals surface area contributed by atoms with Crippen LogP contribution in [0.2, 0.25) is 5.02 Å². The second-order valence-electron chi connectivity index (χ2n) is 11.1. The maximum absolute atomic E-state index is 15.1. The first-order valence-corrected chi connectivity index (χ1v) is 17.0. The van der Waals surface area contributed by atoms with Gasteiger partial charge in [0.2, 0.25) is 0 Å². The van der Waals surface area contributed by atoms with Gasteiger partial charge in [-0.15, -0.1) is 0 Å². The molecule has 250 valence electrons. The molecule has 1 aromatic heterocycles. The number of halogens is 1. The number of carbonyl (C=O) groups is 2. The Balaban J connectivity index is 1.47. The van der Waals surface area contributed by atoms with Crippen molar-refractivity contribution >= 4 is 45.1 Å². The molecule has 48 heavy (non-hydrogen) atoms. The Bertz CT molecular complexity index is 1960. The molecule has 14 heteroatoms. The highest BCUT2D eigenvalue weighted by Crippen LogP contribution is 2.50. The number of benzene rings is 3. The second kappa shape index (κ2) is 13.2. The van der Waals surface area contributed by atoms with Crippen molar-refractivity contribution in [1.82, 2.24) is 15.2 Å². The third kappa shape index (κ3) is 5.62. The number of nitrogens with zero attached hydrogens (tertiary/aromatic N) is 4.